The number of carbonyl (C=O) groups excluding carboxylic acids is 2. The molecule has 0 spiro atoms. The maximum absolute atomic E-state index is 12.8. The Morgan fingerprint density at radius 3 is 2.72 bits per heavy atom. The van der Waals surface area contributed by atoms with Crippen molar-refractivity contribution in [2.75, 3.05) is 0 Å². The van der Waals surface area contributed by atoms with Crippen LogP contribution >= 0.6 is 0 Å². The van der Waals surface area contributed by atoms with Crippen LogP contribution in [0, 0.1) is 0 Å². The zero-order chi connectivity index (χ0) is 17.6. The molecular formula is C20H18N2O3. The molecular weight excluding hydrogens is 316 g/mol. The Morgan fingerprint density at radius 1 is 1.20 bits per heavy atom. The van der Waals surface area contributed by atoms with Gasteiger partial charge in [-0.05, 0) is 47.4 Å². The molecule has 0 bridgehead atoms. The van der Waals surface area contributed by atoms with Crippen molar-refractivity contribution in [3.63, 3.8) is 0 Å². The molecule has 0 saturated heterocycles. The fourth-order valence-electron chi connectivity index (χ4n) is 3.48. The highest BCUT2D eigenvalue weighted by molar-refractivity contribution is 6.02. The number of benzene rings is 2. The molecule has 0 aliphatic carbocycles. The van der Waals surface area contributed by atoms with E-state index in [-0.39, 0.29) is 5.91 Å². The summed E-state index contributed by atoms with van der Waals surface area (Å²) in [4.78, 5) is 25.9. The number of hydrogen-bond acceptors (Lipinski definition) is 3. The number of rotatable bonds is 4. The summed E-state index contributed by atoms with van der Waals surface area (Å²) in [6, 6.07) is 13.1. The zero-order valence-electron chi connectivity index (χ0n) is 13.9. The van der Waals surface area contributed by atoms with Gasteiger partial charge in [0.25, 0.3) is 5.91 Å². The van der Waals surface area contributed by atoms with Gasteiger partial charge in [-0.3, -0.25) is 9.59 Å². The second-order valence-electron chi connectivity index (χ2n) is 6.30. The van der Waals surface area contributed by atoms with E-state index in [1.54, 1.807) is 11.2 Å². The maximum atomic E-state index is 12.8. The SMILES string of the molecule is CCC(C(N)=O)N1Cc2ccc(-c3ccc4occc4c3)cc2C1=O. The van der Waals surface area contributed by atoms with E-state index in [2.05, 4.69) is 0 Å². The average Bonchev–Trinajstić information content (AvgIpc) is 3.19. The van der Waals surface area contributed by atoms with Gasteiger partial charge in [0, 0.05) is 17.5 Å². The molecule has 1 unspecified atom stereocenters. The van der Waals surface area contributed by atoms with Gasteiger partial charge in [0.2, 0.25) is 5.91 Å². The number of fused-ring (bicyclic) bond motifs is 2. The number of furan rings is 1. The Labute approximate surface area is 145 Å². The van der Waals surface area contributed by atoms with Crippen LogP contribution in [0.2, 0.25) is 0 Å². The van der Waals surface area contributed by atoms with Crippen molar-refractivity contribution >= 4 is 22.8 Å². The van der Waals surface area contributed by atoms with Crippen molar-refractivity contribution in [1.29, 1.82) is 0 Å². The molecule has 2 N–H and O–H groups in total. The number of nitrogens with zero attached hydrogens (tertiary/aromatic N) is 1. The Morgan fingerprint density at radius 2 is 1.96 bits per heavy atom. The lowest BCUT2D eigenvalue weighted by Gasteiger charge is -2.23. The lowest BCUT2D eigenvalue weighted by Crippen LogP contribution is -2.44. The Hall–Kier alpha value is -3.08. The van der Waals surface area contributed by atoms with Gasteiger partial charge in [-0.2, -0.15) is 0 Å². The van der Waals surface area contributed by atoms with Crippen LogP contribution in [0.25, 0.3) is 22.1 Å². The Balaban J connectivity index is 1.71. The van der Waals surface area contributed by atoms with Crippen LogP contribution in [0.4, 0.5) is 0 Å². The first-order valence-corrected chi connectivity index (χ1v) is 8.29. The third kappa shape index (κ3) is 2.48. The monoisotopic (exact) mass is 334 g/mol. The van der Waals surface area contributed by atoms with E-state index in [4.69, 9.17) is 10.2 Å². The minimum Gasteiger partial charge on any atom is -0.464 e. The van der Waals surface area contributed by atoms with Gasteiger partial charge in [-0.25, -0.2) is 0 Å². The van der Waals surface area contributed by atoms with Crippen molar-refractivity contribution in [1.82, 2.24) is 4.90 Å². The molecule has 25 heavy (non-hydrogen) atoms. The predicted octanol–water partition coefficient (Wildman–Crippen LogP) is 3.32. The first-order chi connectivity index (χ1) is 12.1. The van der Waals surface area contributed by atoms with Gasteiger partial charge in [0.1, 0.15) is 11.6 Å². The minimum absolute atomic E-state index is 0.133. The number of hydrogen-bond donors (Lipinski definition) is 1. The molecule has 1 aliphatic rings. The molecule has 5 heteroatoms. The van der Waals surface area contributed by atoms with E-state index in [0.29, 0.717) is 18.5 Å². The molecule has 0 radical (unpaired) electrons. The Kier molecular flexibility index (Phi) is 3.57. The normalized spacial score (nSPS) is 14.8. The first kappa shape index (κ1) is 15.4. The van der Waals surface area contributed by atoms with Gasteiger partial charge in [0.15, 0.2) is 0 Å². The van der Waals surface area contributed by atoms with Crippen LogP contribution in [0.15, 0.2) is 53.1 Å². The fourth-order valence-corrected chi connectivity index (χ4v) is 3.48. The molecule has 0 fully saturated rings. The molecule has 126 valence electrons. The molecule has 0 saturated carbocycles. The predicted molar refractivity (Wildman–Crippen MR) is 94.8 cm³/mol. The standard InChI is InChI=1S/C20H18N2O3/c1-2-17(19(21)23)22-11-15-4-3-13(10-16(15)20(22)24)12-5-6-18-14(9-12)7-8-25-18/h3-10,17H,2,11H2,1H3,(H2,21,23). The van der Waals surface area contributed by atoms with Crippen molar-refractivity contribution in [3.8, 4) is 11.1 Å². The van der Waals surface area contributed by atoms with Gasteiger partial charge in [0.05, 0.1) is 6.26 Å². The molecule has 3 aromatic rings. The second kappa shape index (κ2) is 5.77. The number of primary amides is 1. The number of nitrogens with two attached hydrogens (primary N) is 1. The van der Waals surface area contributed by atoms with Gasteiger partial charge < -0.3 is 15.1 Å². The van der Waals surface area contributed by atoms with Crippen LogP contribution in [0.3, 0.4) is 0 Å². The summed E-state index contributed by atoms with van der Waals surface area (Å²) in [5.74, 6) is -0.596. The molecule has 1 aromatic heterocycles. The zero-order valence-corrected chi connectivity index (χ0v) is 13.9. The van der Waals surface area contributed by atoms with Gasteiger partial charge in [-0.1, -0.05) is 25.1 Å². The Bertz CT molecular complexity index is 990. The van der Waals surface area contributed by atoms with E-state index in [9.17, 15) is 9.59 Å². The van der Waals surface area contributed by atoms with Crippen molar-refractivity contribution in [2.45, 2.75) is 25.9 Å². The molecule has 2 heterocycles. The van der Waals surface area contributed by atoms with Crippen molar-refractivity contribution < 1.29 is 14.0 Å². The molecule has 2 aromatic carbocycles. The first-order valence-electron chi connectivity index (χ1n) is 8.29. The largest absolute Gasteiger partial charge is 0.464 e. The van der Waals surface area contributed by atoms with Crippen molar-refractivity contribution in [3.05, 3.63) is 59.9 Å². The van der Waals surface area contributed by atoms with Crippen molar-refractivity contribution in [2.24, 2.45) is 5.73 Å². The van der Waals surface area contributed by atoms with E-state index in [0.717, 1.165) is 27.7 Å². The summed E-state index contributed by atoms with van der Waals surface area (Å²) in [6.07, 6.45) is 2.17. The van der Waals surface area contributed by atoms with E-state index in [1.165, 1.54) is 0 Å². The summed E-state index contributed by atoms with van der Waals surface area (Å²) in [6.45, 7) is 2.29. The number of carbonyl (C=O) groups is 2. The third-order valence-electron chi connectivity index (χ3n) is 4.82. The van der Waals surface area contributed by atoms with Crippen LogP contribution in [-0.4, -0.2) is 22.8 Å². The lowest BCUT2D eigenvalue weighted by atomic mass is 9.99. The molecule has 5 nitrogen and oxygen atoms in total. The number of amides is 2. The van der Waals surface area contributed by atoms with Crippen LogP contribution in [0.5, 0.6) is 0 Å². The molecule has 2 amide bonds. The third-order valence-corrected chi connectivity index (χ3v) is 4.82. The summed E-state index contributed by atoms with van der Waals surface area (Å²) in [5.41, 5.74) is 9.83. The summed E-state index contributed by atoms with van der Waals surface area (Å²) >= 11 is 0. The summed E-state index contributed by atoms with van der Waals surface area (Å²) in [7, 11) is 0. The second-order valence-corrected chi connectivity index (χ2v) is 6.30. The highest BCUT2D eigenvalue weighted by Gasteiger charge is 2.34. The lowest BCUT2D eigenvalue weighted by molar-refractivity contribution is -0.122. The van der Waals surface area contributed by atoms with Gasteiger partial charge >= 0.3 is 0 Å². The van der Waals surface area contributed by atoms with Gasteiger partial charge in [-0.15, -0.1) is 0 Å². The molecule has 1 atom stereocenters. The van der Waals surface area contributed by atoms with E-state index >= 15 is 0 Å². The fraction of sp³-hybridized carbons (Fsp3) is 0.200. The highest BCUT2D eigenvalue weighted by atomic mass is 16.3. The minimum atomic E-state index is -0.564. The summed E-state index contributed by atoms with van der Waals surface area (Å²) in [5, 5.41) is 1.02. The average molecular weight is 334 g/mol. The van der Waals surface area contributed by atoms with Crippen LogP contribution < -0.4 is 5.73 Å². The highest BCUT2D eigenvalue weighted by Crippen LogP contribution is 2.31. The molecule has 1 aliphatic heterocycles. The smallest absolute Gasteiger partial charge is 0.255 e. The maximum Gasteiger partial charge on any atom is 0.255 e. The van der Waals surface area contributed by atoms with E-state index < -0.39 is 11.9 Å². The summed E-state index contributed by atoms with van der Waals surface area (Å²) < 4.78 is 5.37. The van der Waals surface area contributed by atoms with E-state index in [1.807, 2.05) is 49.4 Å². The molecule has 4 rings (SSSR count). The van der Waals surface area contributed by atoms with Crippen LogP contribution in [0.1, 0.15) is 29.3 Å². The quantitative estimate of drug-likeness (QED) is 0.795. The van der Waals surface area contributed by atoms with Crippen LogP contribution in [-0.2, 0) is 11.3 Å². The topological polar surface area (TPSA) is 76.5 Å².